The average Bonchev–Trinajstić information content (AvgIpc) is 2.62. The molecule has 0 saturated carbocycles. The smallest absolute Gasteiger partial charge is 0.166 e. The minimum Gasteiger partial charge on any atom is -0.366 e. The number of Topliss-reactive ketones (excluding diaryl/α,β-unsaturated/α-hetero) is 1. The van der Waals surface area contributed by atoms with Gasteiger partial charge < -0.3 is 4.74 Å². The van der Waals surface area contributed by atoms with Gasteiger partial charge in [-0.15, -0.1) is 0 Å². The summed E-state index contributed by atoms with van der Waals surface area (Å²) in [7, 11) is 1.88. The minimum atomic E-state index is -0.441. The molecule has 96 valence electrons. The molecular weight excluding hydrogens is 216 g/mol. The Balaban J connectivity index is 2.89. The van der Waals surface area contributed by atoms with Gasteiger partial charge in [0.05, 0.1) is 6.20 Å². The SMILES string of the molecule is CCCOC(C(=O)CCC)c1cnn(C)c1C. The van der Waals surface area contributed by atoms with Crippen LogP contribution < -0.4 is 0 Å². The van der Waals surface area contributed by atoms with Gasteiger partial charge in [0.2, 0.25) is 0 Å². The molecule has 1 aromatic heterocycles. The van der Waals surface area contributed by atoms with Crippen molar-refractivity contribution in [3.63, 3.8) is 0 Å². The molecule has 1 aromatic rings. The lowest BCUT2D eigenvalue weighted by molar-refractivity contribution is -0.131. The monoisotopic (exact) mass is 238 g/mol. The molecular formula is C13H22N2O2. The fraction of sp³-hybridized carbons (Fsp3) is 0.692. The van der Waals surface area contributed by atoms with E-state index in [4.69, 9.17) is 4.74 Å². The van der Waals surface area contributed by atoms with Crippen LogP contribution in [0, 0.1) is 6.92 Å². The first kappa shape index (κ1) is 13.9. The van der Waals surface area contributed by atoms with Crippen LogP contribution in [0.15, 0.2) is 6.20 Å². The number of ether oxygens (including phenoxy) is 1. The van der Waals surface area contributed by atoms with Gasteiger partial charge in [0.25, 0.3) is 0 Å². The van der Waals surface area contributed by atoms with Crippen LogP contribution in [0.4, 0.5) is 0 Å². The molecule has 0 saturated heterocycles. The Morgan fingerprint density at radius 1 is 1.47 bits per heavy atom. The van der Waals surface area contributed by atoms with E-state index in [0.717, 1.165) is 24.1 Å². The Morgan fingerprint density at radius 3 is 2.65 bits per heavy atom. The van der Waals surface area contributed by atoms with E-state index in [9.17, 15) is 4.79 Å². The van der Waals surface area contributed by atoms with E-state index in [-0.39, 0.29) is 5.78 Å². The van der Waals surface area contributed by atoms with Gasteiger partial charge in [0, 0.05) is 31.3 Å². The second kappa shape index (κ2) is 6.55. The van der Waals surface area contributed by atoms with Gasteiger partial charge in [-0.2, -0.15) is 5.10 Å². The molecule has 0 N–H and O–H groups in total. The van der Waals surface area contributed by atoms with Crippen molar-refractivity contribution in [1.82, 2.24) is 9.78 Å². The molecule has 1 unspecified atom stereocenters. The summed E-state index contributed by atoms with van der Waals surface area (Å²) in [5.41, 5.74) is 1.90. The Morgan fingerprint density at radius 2 is 2.18 bits per heavy atom. The van der Waals surface area contributed by atoms with Crippen molar-refractivity contribution in [2.24, 2.45) is 7.05 Å². The van der Waals surface area contributed by atoms with Crippen LogP contribution in [-0.4, -0.2) is 22.2 Å². The molecule has 0 aliphatic rings. The number of aromatic nitrogens is 2. The van der Waals surface area contributed by atoms with Crippen LogP contribution in [0.3, 0.4) is 0 Å². The average molecular weight is 238 g/mol. The van der Waals surface area contributed by atoms with E-state index in [2.05, 4.69) is 5.10 Å². The summed E-state index contributed by atoms with van der Waals surface area (Å²) >= 11 is 0. The highest BCUT2D eigenvalue weighted by atomic mass is 16.5. The summed E-state index contributed by atoms with van der Waals surface area (Å²) in [4.78, 5) is 12.0. The van der Waals surface area contributed by atoms with Crippen molar-refractivity contribution >= 4 is 5.78 Å². The number of aryl methyl sites for hydroxylation is 1. The highest BCUT2D eigenvalue weighted by Gasteiger charge is 2.23. The lowest BCUT2D eigenvalue weighted by Crippen LogP contribution is -2.17. The van der Waals surface area contributed by atoms with Crippen molar-refractivity contribution in [2.45, 2.75) is 46.1 Å². The van der Waals surface area contributed by atoms with Gasteiger partial charge in [-0.1, -0.05) is 13.8 Å². The highest BCUT2D eigenvalue weighted by Crippen LogP contribution is 2.23. The van der Waals surface area contributed by atoms with E-state index < -0.39 is 6.10 Å². The van der Waals surface area contributed by atoms with Gasteiger partial charge >= 0.3 is 0 Å². The lowest BCUT2D eigenvalue weighted by Gasteiger charge is -2.16. The molecule has 17 heavy (non-hydrogen) atoms. The molecule has 0 bridgehead atoms. The van der Waals surface area contributed by atoms with Gasteiger partial charge in [-0.05, 0) is 19.8 Å². The zero-order valence-corrected chi connectivity index (χ0v) is 11.2. The summed E-state index contributed by atoms with van der Waals surface area (Å²) in [6.45, 7) is 6.61. The summed E-state index contributed by atoms with van der Waals surface area (Å²) in [6.07, 6.45) is 3.62. The quantitative estimate of drug-likeness (QED) is 0.733. The predicted molar refractivity (Wildman–Crippen MR) is 66.8 cm³/mol. The van der Waals surface area contributed by atoms with E-state index in [1.807, 2.05) is 27.8 Å². The number of ketones is 1. The molecule has 0 aliphatic heterocycles. The molecule has 4 nitrogen and oxygen atoms in total. The Hall–Kier alpha value is -1.16. The van der Waals surface area contributed by atoms with Crippen molar-refractivity contribution in [3.05, 3.63) is 17.5 Å². The highest BCUT2D eigenvalue weighted by molar-refractivity contribution is 5.84. The first-order chi connectivity index (χ1) is 8.11. The molecule has 0 radical (unpaired) electrons. The van der Waals surface area contributed by atoms with Crippen molar-refractivity contribution in [1.29, 1.82) is 0 Å². The number of rotatable bonds is 7. The maximum atomic E-state index is 12.0. The molecule has 0 aromatic carbocycles. The molecule has 0 aliphatic carbocycles. The van der Waals surface area contributed by atoms with E-state index in [1.165, 1.54) is 0 Å². The predicted octanol–water partition coefficient (Wildman–Crippen LogP) is 2.57. The first-order valence-electron chi connectivity index (χ1n) is 6.24. The van der Waals surface area contributed by atoms with Gasteiger partial charge in [0.1, 0.15) is 6.10 Å². The number of hydrogen-bond acceptors (Lipinski definition) is 3. The summed E-state index contributed by atoms with van der Waals surface area (Å²) < 4.78 is 7.46. The zero-order chi connectivity index (χ0) is 12.8. The zero-order valence-electron chi connectivity index (χ0n) is 11.2. The van der Waals surface area contributed by atoms with Crippen LogP contribution in [0.1, 0.15) is 50.5 Å². The van der Waals surface area contributed by atoms with E-state index in [1.54, 1.807) is 10.9 Å². The Kier molecular flexibility index (Phi) is 5.35. The standard InChI is InChI=1S/C13H22N2O2/c1-5-7-12(16)13(17-8-6-2)11-9-14-15(4)10(11)3/h9,13H,5-8H2,1-4H3. The van der Waals surface area contributed by atoms with Gasteiger partial charge in [-0.3, -0.25) is 9.48 Å². The normalized spacial score (nSPS) is 12.7. The molecule has 1 rings (SSSR count). The molecule has 0 amide bonds. The van der Waals surface area contributed by atoms with Crippen LogP contribution in [0.5, 0.6) is 0 Å². The number of carbonyl (C=O) groups is 1. The Labute approximate surface area is 103 Å². The molecule has 0 spiro atoms. The third-order valence-corrected chi connectivity index (χ3v) is 2.83. The maximum Gasteiger partial charge on any atom is 0.166 e. The second-order valence-electron chi connectivity index (χ2n) is 4.28. The summed E-state index contributed by atoms with van der Waals surface area (Å²) in [6, 6.07) is 0. The topological polar surface area (TPSA) is 44.1 Å². The fourth-order valence-electron chi connectivity index (χ4n) is 1.74. The van der Waals surface area contributed by atoms with Gasteiger partial charge in [-0.25, -0.2) is 0 Å². The van der Waals surface area contributed by atoms with Gasteiger partial charge in [0.15, 0.2) is 5.78 Å². The maximum absolute atomic E-state index is 12.0. The van der Waals surface area contributed by atoms with Crippen LogP contribution >= 0.6 is 0 Å². The number of nitrogens with zero attached hydrogens (tertiary/aromatic N) is 2. The molecule has 1 heterocycles. The van der Waals surface area contributed by atoms with Crippen LogP contribution in [0.2, 0.25) is 0 Å². The third-order valence-electron chi connectivity index (χ3n) is 2.83. The second-order valence-corrected chi connectivity index (χ2v) is 4.28. The fourth-order valence-corrected chi connectivity index (χ4v) is 1.74. The largest absolute Gasteiger partial charge is 0.366 e. The molecule has 4 heteroatoms. The number of hydrogen-bond donors (Lipinski definition) is 0. The van der Waals surface area contributed by atoms with Crippen LogP contribution in [0.25, 0.3) is 0 Å². The van der Waals surface area contributed by atoms with Crippen LogP contribution in [-0.2, 0) is 16.6 Å². The first-order valence-corrected chi connectivity index (χ1v) is 6.24. The van der Waals surface area contributed by atoms with E-state index in [0.29, 0.717) is 13.0 Å². The number of carbonyl (C=O) groups excluding carboxylic acids is 1. The van der Waals surface area contributed by atoms with Crippen molar-refractivity contribution < 1.29 is 9.53 Å². The minimum absolute atomic E-state index is 0.150. The Bertz CT molecular complexity index is 371. The third kappa shape index (κ3) is 3.40. The van der Waals surface area contributed by atoms with Crippen molar-refractivity contribution in [3.8, 4) is 0 Å². The lowest BCUT2D eigenvalue weighted by atomic mass is 10.0. The van der Waals surface area contributed by atoms with E-state index >= 15 is 0 Å². The summed E-state index contributed by atoms with van der Waals surface area (Å²) in [5, 5.41) is 4.17. The molecule has 0 fully saturated rings. The summed E-state index contributed by atoms with van der Waals surface area (Å²) in [5.74, 6) is 0.150. The van der Waals surface area contributed by atoms with Crippen molar-refractivity contribution in [2.75, 3.05) is 6.61 Å². The molecule has 1 atom stereocenters.